The van der Waals surface area contributed by atoms with Gasteiger partial charge in [0.1, 0.15) is 24.2 Å². The number of amides is 5. The third kappa shape index (κ3) is 12.2. The largest absolute Gasteiger partial charge is 0.493 e. The first-order valence-corrected chi connectivity index (χ1v) is 23.4. The fraction of sp³-hybridized carbons (Fsp3) is 0.340. The molecule has 0 saturated carbocycles. The molecule has 70 heavy (non-hydrogen) atoms. The van der Waals surface area contributed by atoms with Gasteiger partial charge in [0, 0.05) is 48.0 Å². The summed E-state index contributed by atoms with van der Waals surface area (Å²) >= 11 is 6.18. The van der Waals surface area contributed by atoms with Gasteiger partial charge in [-0.05, 0) is 85.7 Å². The Labute approximate surface area is 406 Å². The summed E-state index contributed by atoms with van der Waals surface area (Å²) in [6, 6.07) is 23.4. The van der Waals surface area contributed by atoms with Crippen LogP contribution in [-0.2, 0) is 52.6 Å². The molecule has 4 heterocycles. The van der Waals surface area contributed by atoms with Gasteiger partial charge in [0.15, 0.2) is 0 Å². The predicted molar refractivity (Wildman–Crippen MR) is 255 cm³/mol. The molecule has 1 atom stereocenters. The van der Waals surface area contributed by atoms with E-state index in [1.54, 1.807) is 36.4 Å². The number of rotatable bonds is 25. The number of nitrogens with zero attached hydrogens (tertiary/aromatic N) is 4. The molecule has 0 radical (unpaired) electrons. The molecule has 2 aliphatic rings. The van der Waals surface area contributed by atoms with Crippen LogP contribution in [0.2, 0.25) is 5.02 Å². The zero-order chi connectivity index (χ0) is 49.0. The monoisotopic (exact) mass is 978 g/mol. The number of nitrogens with one attached hydrogen (secondary N) is 4. The van der Waals surface area contributed by atoms with Crippen molar-refractivity contribution in [2.24, 2.45) is 0 Å². The number of aromatic hydroxyl groups is 1. The number of H-pyrrole nitrogens is 1. The highest BCUT2D eigenvalue weighted by molar-refractivity contribution is 6.31. The molecular formula is C50H52ClFN8O10. The molecule has 2 aromatic heterocycles. The Kier molecular flexibility index (Phi) is 16.6. The van der Waals surface area contributed by atoms with Crippen LogP contribution in [0.25, 0.3) is 28.2 Å². The Balaban J connectivity index is 0.669. The van der Waals surface area contributed by atoms with Crippen LogP contribution in [0, 0.1) is 5.82 Å². The molecule has 5 N–H and O–H groups in total. The Hall–Kier alpha value is -7.03. The molecule has 0 bridgehead atoms. The van der Waals surface area contributed by atoms with Gasteiger partial charge < -0.3 is 39.7 Å². The average molecular weight is 979 g/mol. The summed E-state index contributed by atoms with van der Waals surface area (Å²) in [4.78, 5) is 71.2. The van der Waals surface area contributed by atoms with Crippen LogP contribution in [-0.4, -0.2) is 131 Å². The lowest BCUT2D eigenvalue weighted by atomic mass is 9.99. The van der Waals surface area contributed by atoms with Crippen molar-refractivity contribution >= 4 is 57.9 Å². The molecule has 18 nitrogen and oxygen atoms in total. The van der Waals surface area contributed by atoms with E-state index in [1.165, 1.54) is 22.9 Å². The van der Waals surface area contributed by atoms with E-state index in [4.69, 9.17) is 35.6 Å². The van der Waals surface area contributed by atoms with Crippen molar-refractivity contribution in [2.45, 2.75) is 44.6 Å². The minimum absolute atomic E-state index is 0.0315. The van der Waals surface area contributed by atoms with Crippen LogP contribution in [0.1, 0.15) is 56.7 Å². The van der Waals surface area contributed by atoms with Crippen molar-refractivity contribution in [1.29, 1.82) is 0 Å². The van der Waals surface area contributed by atoms with Gasteiger partial charge in [-0.1, -0.05) is 54.1 Å². The molecule has 5 amide bonds. The van der Waals surface area contributed by atoms with Crippen LogP contribution in [0.15, 0.2) is 84.9 Å². The first-order chi connectivity index (χ1) is 34.0. The smallest absolute Gasteiger partial charge is 0.264 e. The molecule has 1 unspecified atom stereocenters. The number of aryl methyl sites for hydroxylation is 2. The Morgan fingerprint density at radius 3 is 2.26 bits per heavy atom. The normalized spacial score (nSPS) is 14.7. The molecule has 366 valence electrons. The Morgan fingerprint density at radius 2 is 1.51 bits per heavy atom. The van der Waals surface area contributed by atoms with E-state index in [0.29, 0.717) is 79.3 Å². The summed E-state index contributed by atoms with van der Waals surface area (Å²) in [6.45, 7) is 2.92. The van der Waals surface area contributed by atoms with E-state index < -0.39 is 29.7 Å². The third-order valence-corrected chi connectivity index (χ3v) is 12.0. The number of piperidine rings is 1. The molecule has 6 aromatic rings. The molecule has 1 fully saturated rings. The molecule has 20 heteroatoms. The van der Waals surface area contributed by atoms with E-state index in [1.807, 2.05) is 30.3 Å². The van der Waals surface area contributed by atoms with E-state index in [-0.39, 0.29) is 74.5 Å². The minimum Gasteiger partial charge on any atom is -0.493 e. The number of imide groups is 2. The molecule has 1 saturated heterocycles. The fourth-order valence-electron chi connectivity index (χ4n) is 8.18. The summed E-state index contributed by atoms with van der Waals surface area (Å²) < 4.78 is 37.3. The maximum atomic E-state index is 13.6. The number of ether oxygens (including phenoxy) is 4. The van der Waals surface area contributed by atoms with Gasteiger partial charge in [0.05, 0.1) is 61.8 Å². The summed E-state index contributed by atoms with van der Waals surface area (Å²) in [5.74, 6) is -2.65. The van der Waals surface area contributed by atoms with Gasteiger partial charge in [-0.2, -0.15) is 9.78 Å². The van der Waals surface area contributed by atoms with Crippen molar-refractivity contribution in [3.05, 3.63) is 124 Å². The number of aromatic nitrogens is 4. The van der Waals surface area contributed by atoms with Gasteiger partial charge in [-0.3, -0.25) is 34.2 Å². The highest BCUT2D eigenvalue weighted by Gasteiger charge is 2.45. The standard InChI is InChI=1S/C50H52ClFN8O10/c51-34-13-17-38-40(29-34)56-50(55-38)60-48(65)37(16-10-32-8-14-35(52)15-9-32)45(58-60)33-11-6-31(7-12-33)3-2-22-67-23-24-68-25-26-69-27-28-70-30-43(62)54-21-20-53-39-5-1-4-36-44(39)49(66)59(47(36)64)41-18-19-42(61)57-46(41)63/h1,4-9,11-15,17,29,41,53,65H,2-3,10,16,18-28,30H2,(H,54,62)(H,55,56)(H,57,61,63). The highest BCUT2D eigenvalue weighted by Crippen LogP contribution is 2.35. The first-order valence-electron chi connectivity index (χ1n) is 23.0. The number of anilines is 1. The van der Waals surface area contributed by atoms with Crippen molar-refractivity contribution in [3.8, 4) is 23.1 Å². The third-order valence-electron chi connectivity index (χ3n) is 11.7. The van der Waals surface area contributed by atoms with Crippen molar-refractivity contribution in [1.82, 2.24) is 35.3 Å². The van der Waals surface area contributed by atoms with Crippen LogP contribution in [0.5, 0.6) is 5.88 Å². The number of aromatic amines is 1. The predicted octanol–water partition coefficient (Wildman–Crippen LogP) is 5.33. The molecule has 0 aliphatic carbocycles. The molecular weight excluding hydrogens is 927 g/mol. The summed E-state index contributed by atoms with van der Waals surface area (Å²) in [5.41, 5.74) is 6.26. The Bertz CT molecular complexity index is 2840. The van der Waals surface area contributed by atoms with Crippen molar-refractivity contribution in [3.63, 3.8) is 0 Å². The van der Waals surface area contributed by atoms with Crippen molar-refractivity contribution < 1.29 is 52.4 Å². The minimum atomic E-state index is -1.06. The summed E-state index contributed by atoms with van der Waals surface area (Å²) in [7, 11) is 0. The molecule has 2 aliphatic heterocycles. The van der Waals surface area contributed by atoms with Gasteiger partial charge in [0.25, 0.3) is 11.8 Å². The van der Waals surface area contributed by atoms with E-state index in [9.17, 15) is 33.5 Å². The second-order valence-corrected chi connectivity index (χ2v) is 17.0. The SMILES string of the molecule is O=C(COCCOCCOCCOCCCc1ccc(-c2nn(-c3nc4cc(Cl)ccc4[nH]3)c(O)c2CCc2ccc(F)cc2)cc1)NCCNc1cccc2c1C(=O)N(C1CCC(=O)NC1=O)C2=O. The molecule has 8 rings (SSSR count). The van der Waals surface area contributed by atoms with Gasteiger partial charge in [0.2, 0.25) is 29.5 Å². The quantitative estimate of drug-likeness (QED) is 0.0362. The number of fused-ring (bicyclic) bond motifs is 2. The topological polar surface area (TPSA) is 228 Å². The van der Waals surface area contributed by atoms with Gasteiger partial charge in [-0.25, -0.2) is 9.37 Å². The fourth-order valence-corrected chi connectivity index (χ4v) is 8.35. The molecule has 4 aromatic carbocycles. The number of imidazole rings is 1. The van der Waals surface area contributed by atoms with Gasteiger partial charge in [-0.15, -0.1) is 0 Å². The number of halogens is 2. The van der Waals surface area contributed by atoms with E-state index in [2.05, 4.69) is 25.9 Å². The van der Waals surface area contributed by atoms with Crippen molar-refractivity contribution in [2.75, 3.05) is 71.3 Å². The summed E-state index contributed by atoms with van der Waals surface area (Å²) in [5, 5.41) is 24.8. The number of benzene rings is 4. The van der Waals surface area contributed by atoms with Crippen LogP contribution in [0.3, 0.4) is 0 Å². The second-order valence-electron chi connectivity index (χ2n) is 16.6. The zero-order valence-electron chi connectivity index (χ0n) is 38.1. The number of carbonyl (C=O) groups is 5. The lowest BCUT2D eigenvalue weighted by Crippen LogP contribution is -2.54. The van der Waals surface area contributed by atoms with E-state index >= 15 is 0 Å². The summed E-state index contributed by atoms with van der Waals surface area (Å²) in [6.07, 6.45) is 2.73. The first kappa shape index (κ1) is 49.4. The maximum Gasteiger partial charge on any atom is 0.264 e. The number of hydrogen-bond donors (Lipinski definition) is 5. The highest BCUT2D eigenvalue weighted by atomic mass is 35.5. The average Bonchev–Trinajstić information content (AvgIpc) is 4.00. The van der Waals surface area contributed by atoms with Gasteiger partial charge >= 0.3 is 0 Å². The second kappa shape index (κ2) is 23.5. The zero-order valence-corrected chi connectivity index (χ0v) is 38.9. The van der Waals surface area contributed by atoms with Crippen LogP contribution >= 0.6 is 11.6 Å². The maximum absolute atomic E-state index is 13.6. The lowest BCUT2D eigenvalue weighted by molar-refractivity contribution is -0.136. The van der Waals surface area contributed by atoms with Crippen LogP contribution < -0.4 is 16.0 Å². The molecule has 0 spiro atoms. The number of hydrogen-bond acceptors (Lipinski definition) is 13. The lowest BCUT2D eigenvalue weighted by Gasteiger charge is -2.27. The van der Waals surface area contributed by atoms with E-state index in [0.717, 1.165) is 39.9 Å². The van der Waals surface area contributed by atoms with Crippen LogP contribution in [0.4, 0.5) is 10.1 Å². The number of carbonyl (C=O) groups excluding carboxylic acids is 5. The Morgan fingerprint density at radius 1 is 0.814 bits per heavy atom.